The molecule has 5 heteroatoms. The highest BCUT2D eigenvalue weighted by atomic mass is 16.5. The number of unbranched alkanes of at least 4 members (excludes halogenated alkanes) is 1. The molecular formula is C21H22N2O3. The number of ether oxygens (including phenoxy) is 1. The van der Waals surface area contributed by atoms with E-state index in [0.29, 0.717) is 17.9 Å². The van der Waals surface area contributed by atoms with Crippen LogP contribution in [0.3, 0.4) is 0 Å². The number of fused-ring (bicyclic) bond motifs is 1. The number of esters is 1. The van der Waals surface area contributed by atoms with Crippen LogP contribution in [0.1, 0.15) is 35.7 Å². The van der Waals surface area contributed by atoms with Gasteiger partial charge in [-0.05, 0) is 47.7 Å². The molecule has 0 aliphatic carbocycles. The lowest BCUT2D eigenvalue weighted by Crippen LogP contribution is -2.17. The number of aromatic amines is 1. The standard InChI is InChI=1S/C21H22N2O3/c1-2-3-12-26-21(25)17-6-4-5-7-19(17)23-20(24)14-15-8-9-18-16(13-15)10-11-22-18/h4-11,13,22H,2-3,12,14H2,1H3,(H,23,24). The van der Waals surface area contributed by atoms with E-state index in [0.717, 1.165) is 29.3 Å². The van der Waals surface area contributed by atoms with E-state index < -0.39 is 5.97 Å². The molecule has 2 N–H and O–H groups in total. The van der Waals surface area contributed by atoms with Gasteiger partial charge in [-0.25, -0.2) is 4.79 Å². The fraction of sp³-hybridized carbons (Fsp3) is 0.238. The van der Waals surface area contributed by atoms with E-state index >= 15 is 0 Å². The van der Waals surface area contributed by atoms with Crippen molar-refractivity contribution in [2.45, 2.75) is 26.2 Å². The number of benzene rings is 2. The van der Waals surface area contributed by atoms with Crippen LogP contribution in [0.2, 0.25) is 0 Å². The molecule has 0 atom stereocenters. The molecule has 3 aromatic rings. The van der Waals surface area contributed by atoms with Gasteiger partial charge in [-0.2, -0.15) is 0 Å². The van der Waals surface area contributed by atoms with E-state index in [-0.39, 0.29) is 12.3 Å². The number of carbonyl (C=O) groups excluding carboxylic acids is 2. The van der Waals surface area contributed by atoms with Crippen LogP contribution >= 0.6 is 0 Å². The first-order valence-corrected chi connectivity index (χ1v) is 8.79. The second-order valence-electron chi connectivity index (χ2n) is 6.16. The van der Waals surface area contributed by atoms with E-state index in [4.69, 9.17) is 4.74 Å². The number of carbonyl (C=O) groups is 2. The van der Waals surface area contributed by atoms with Gasteiger partial charge in [0.2, 0.25) is 5.91 Å². The smallest absolute Gasteiger partial charge is 0.340 e. The molecule has 0 aliphatic heterocycles. The highest BCUT2D eigenvalue weighted by molar-refractivity contribution is 6.01. The summed E-state index contributed by atoms with van der Waals surface area (Å²) < 4.78 is 5.25. The van der Waals surface area contributed by atoms with Crippen molar-refractivity contribution in [2.75, 3.05) is 11.9 Å². The van der Waals surface area contributed by atoms with Crippen molar-refractivity contribution >= 4 is 28.5 Å². The number of para-hydroxylation sites is 1. The number of hydrogen-bond acceptors (Lipinski definition) is 3. The Morgan fingerprint density at radius 1 is 1.12 bits per heavy atom. The molecule has 0 saturated heterocycles. The lowest BCUT2D eigenvalue weighted by atomic mass is 10.1. The minimum absolute atomic E-state index is 0.173. The molecule has 26 heavy (non-hydrogen) atoms. The number of amides is 1. The van der Waals surface area contributed by atoms with Crippen molar-refractivity contribution in [1.82, 2.24) is 4.98 Å². The van der Waals surface area contributed by atoms with E-state index in [9.17, 15) is 9.59 Å². The normalized spacial score (nSPS) is 10.7. The third-order valence-electron chi connectivity index (χ3n) is 4.13. The molecule has 0 bridgehead atoms. The summed E-state index contributed by atoms with van der Waals surface area (Å²) in [5, 5.41) is 3.89. The van der Waals surface area contributed by atoms with Gasteiger partial charge in [0.05, 0.1) is 24.3 Å². The summed E-state index contributed by atoms with van der Waals surface area (Å²) in [7, 11) is 0. The summed E-state index contributed by atoms with van der Waals surface area (Å²) in [6, 6.07) is 14.7. The van der Waals surface area contributed by atoms with E-state index in [1.54, 1.807) is 24.3 Å². The van der Waals surface area contributed by atoms with Crippen LogP contribution in [0.25, 0.3) is 10.9 Å². The molecule has 0 fully saturated rings. The van der Waals surface area contributed by atoms with Gasteiger partial charge >= 0.3 is 5.97 Å². The molecule has 134 valence electrons. The molecular weight excluding hydrogens is 328 g/mol. The highest BCUT2D eigenvalue weighted by Crippen LogP contribution is 2.18. The lowest BCUT2D eigenvalue weighted by Gasteiger charge is -2.11. The number of anilines is 1. The Balaban J connectivity index is 1.67. The van der Waals surface area contributed by atoms with Crippen LogP contribution < -0.4 is 5.32 Å². The van der Waals surface area contributed by atoms with Crippen molar-refractivity contribution < 1.29 is 14.3 Å². The summed E-state index contributed by atoms with van der Waals surface area (Å²) in [6.07, 6.45) is 3.88. The Morgan fingerprint density at radius 2 is 1.96 bits per heavy atom. The maximum Gasteiger partial charge on any atom is 0.340 e. The van der Waals surface area contributed by atoms with Gasteiger partial charge in [0.1, 0.15) is 0 Å². The molecule has 0 aliphatic rings. The Morgan fingerprint density at radius 3 is 2.81 bits per heavy atom. The fourth-order valence-corrected chi connectivity index (χ4v) is 2.75. The summed E-state index contributed by atoms with van der Waals surface area (Å²) in [6.45, 7) is 2.42. The van der Waals surface area contributed by atoms with E-state index in [1.807, 2.05) is 37.4 Å². The first-order chi connectivity index (χ1) is 12.7. The number of hydrogen-bond donors (Lipinski definition) is 2. The van der Waals surface area contributed by atoms with E-state index in [1.165, 1.54) is 0 Å². The quantitative estimate of drug-likeness (QED) is 0.493. The minimum Gasteiger partial charge on any atom is -0.462 e. The van der Waals surface area contributed by atoms with Crippen LogP contribution in [0.4, 0.5) is 5.69 Å². The molecule has 1 aromatic heterocycles. The molecule has 0 unspecified atom stereocenters. The molecule has 5 nitrogen and oxygen atoms in total. The fourth-order valence-electron chi connectivity index (χ4n) is 2.75. The number of nitrogens with one attached hydrogen (secondary N) is 2. The summed E-state index contributed by atoms with van der Waals surface area (Å²) >= 11 is 0. The summed E-state index contributed by atoms with van der Waals surface area (Å²) in [5.74, 6) is -0.586. The SMILES string of the molecule is CCCCOC(=O)c1ccccc1NC(=O)Cc1ccc2[nH]ccc2c1. The average molecular weight is 350 g/mol. The molecule has 0 spiro atoms. The maximum absolute atomic E-state index is 12.4. The van der Waals surface area contributed by atoms with Gasteiger partial charge in [-0.3, -0.25) is 4.79 Å². The monoisotopic (exact) mass is 350 g/mol. The van der Waals surface area contributed by atoms with Crippen LogP contribution in [0, 0.1) is 0 Å². The van der Waals surface area contributed by atoms with Gasteiger partial charge in [0.25, 0.3) is 0 Å². The van der Waals surface area contributed by atoms with Crippen molar-refractivity contribution in [3.8, 4) is 0 Å². The van der Waals surface area contributed by atoms with E-state index in [2.05, 4.69) is 10.3 Å². The summed E-state index contributed by atoms with van der Waals surface area (Å²) in [4.78, 5) is 27.8. The van der Waals surface area contributed by atoms with Crippen molar-refractivity contribution in [3.05, 3.63) is 65.9 Å². The molecule has 0 radical (unpaired) electrons. The Labute approximate surface area is 152 Å². The van der Waals surface area contributed by atoms with Gasteiger partial charge in [-0.15, -0.1) is 0 Å². The average Bonchev–Trinajstić information content (AvgIpc) is 3.10. The van der Waals surface area contributed by atoms with Gasteiger partial charge in [-0.1, -0.05) is 31.5 Å². The molecule has 3 rings (SSSR count). The highest BCUT2D eigenvalue weighted by Gasteiger charge is 2.14. The second kappa shape index (κ2) is 8.34. The van der Waals surface area contributed by atoms with Crippen LogP contribution in [0.15, 0.2) is 54.7 Å². The predicted octanol–water partition coefficient (Wildman–Crippen LogP) is 4.31. The summed E-state index contributed by atoms with van der Waals surface area (Å²) in [5.41, 5.74) is 2.80. The van der Waals surface area contributed by atoms with Crippen molar-refractivity contribution in [1.29, 1.82) is 0 Å². The third-order valence-corrected chi connectivity index (χ3v) is 4.13. The predicted molar refractivity (Wildman–Crippen MR) is 102 cm³/mol. The first-order valence-electron chi connectivity index (χ1n) is 8.79. The molecule has 1 amide bonds. The molecule has 1 heterocycles. The Kier molecular flexibility index (Phi) is 5.69. The van der Waals surface area contributed by atoms with Gasteiger partial charge in [0.15, 0.2) is 0 Å². The zero-order valence-corrected chi connectivity index (χ0v) is 14.7. The van der Waals surface area contributed by atoms with Gasteiger partial charge in [0, 0.05) is 11.7 Å². The Hall–Kier alpha value is -3.08. The van der Waals surface area contributed by atoms with Crippen molar-refractivity contribution in [2.24, 2.45) is 0 Å². The van der Waals surface area contributed by atoms with Crippen molar-refractivity contribution in [3.63, 3.8) is 0 Å². The third kappa shape index (κ3) is 4.30. The minimum atomic E-state index is -0.414. The topological polar surface area (TPSA) is 71.2 Å². The van der Waals surface area contributed by atoms with Crippen LogP contribution in [-0.4, -0.2) is 23.5 Å². The first kappa shape index (κ1) is 17.7. The maximum atomic E-state index is 12.4. The molecule has 2 aromatic carbocycles. The number of H-pyrrole nitrogens is 1. The second-order valence-corrected chi connectivity index (χ2v) is 6.16. The number of rotatable bonds is 7. The number of aromatic nitrogens is 1. The zero-order chi connectivity index (χ0) is 18.4. The van der Waals surface area contributed by atoms with Crippen LogP contribution in [-0.2, 0) is 16.0 Å². The lowest BCUT2D eigenvalue weighted by molar-refractivity contribution is -0.115. The van der Waals surface area contributed by atoms with Gasteiger partial charge < -0.3 is 15.0 Å². The Bertz CT molecular complexity index is 914. The molecule has 0 saturated carbocycles. The van der Waals surface area contributed by atoms with Crippen LogP contribution in [0.5, 0.6) is 0 Å². The zero-order valence-electron chi connectivity index (χ0n) is 14.7. The largest absolute Gasteiger partial charge is 0.462 e.